The number of allylic oxidation sites excluding steroid dienone is 4. The molecule has 1 aliphatic carbocycles. The van der Waals surface area contributed by atoms with Crippen LogP contribution in [-0.2, 0) is 0 Å². The molecule has 0 fully saturated rings. The molecule has 0 spiro atoms. The van der Waals surface area contributed by atoms with Crippen molar-refractivity contribution in [3.05, 3.63) is 52.5 Å². The van der Waals surface area contributed by atoms with Gasteiger partial charge in [0, 0.05) is 4.47 Å². The van der Waals surface area contributed by atoms with Crippen LogP contribution in [-0.4, -0.2) is 0 Å². The fourth-order valence-corrected chi connectivity index (χ4v) is 2.13. The molecule has 1 aromatic carbocycles. The minimum absolute atomic E-state index is 0.540. The first-order chi connectivity index (χ1) is 6.29. The van der Waals surface area contributed by atoms with Crippen molar-refractivity contribution in [3.8, 4) is 0 Å². The van der Waals surface area contributed by atoms with E-state index in [1.54, 1.807) is 0 Å². The Balaban J connectivity index is 2.42. The summed E-state index contributed by atoms with van der Waals surface area (Å²) in [5.41, 5.74) is 2.70. The third-order valence-corrected chi connectivity index (χ3v) is 3.04. The van der Waals surface area contributed by atoms with Gasteiger partial charge in [0.15, 0.2) is 0 Å². The van der Waals surface area contributed by atoms with Gasteiger partial charge in [-0.25, -0.2) is 0 Å². The van der Waals surface area contributed by atoms with E-state index in [-0.39, 0.29) is 0 Å². The quantitative estimate of drug-likeness (QED) is 0.689. The van der Waals surface area contributed by atoms with Gasteiger partial charge in [-0.15, -0.1) is 0 Å². The molecule has 1 aromatic rings. The lowest BCUT2D eigenvalue weighted by Gasteiger charge is -2.10. The van der Waals surface area contributed by atoms with Crippen LogP contribution in [0.4, 0.5) is 0 Å². The van der Waals surface area contributed by atoms with Gasteiger partial charge >= 0.3 is 0 Å². The van der Waals surface area contributed by atoms with Gasteiger partial charge < -0.3 is 0 Å². The summed E-state index contributed by atoms with van der Waals surface area (Å²) in [6.07, 6.45) is 6.53. The molecule has 0 bridgehead atoms. The van der Waals surface area contributed by atoms with E-state index in [1.807, 2.05) is 6.07 Å². The van der Waals surface area contributed by atoms with E-state index in [0.717, 1.165) is 0 Å². The highest BCUT2D eigenvalue weighted by Crippen LogP contribution is 2.32. The van der Waals surface area contributed by atoms with Gasteiger partial charge in [0.25, 0.3) is 0 Å². The lowest BCUT2D eigenvalue weighted by Crippen LogP contribution is -1.92. The smallest absolute Gasteiger partial charge is 0.0250 e. The second-order valence-corrected chi connectivity index (χ2v) is 4.13. The highest BCUT2D eigenvalue weighted by Gasteiger charge is 2.12. The van der Waals surface area contributed by atoms with Crippen molar-refractivity contribution in [3.63, 3.8) is 0 Å². The van der Waals surface area contributed by atoms with E-state index in [9.17, 15) is 0 Å². The highest BCUT2D eigenvalue weighted by atomic mass is 79.9. The average molecular weight is 235 g/mol. The summed E-state index contributed by atoms with van der Waals surface area (Å²) in [6, 6.07) is 8.35. The molecule has 0 heterocycles. The Morgan fingerprint density at radius 2 is 2.00 bits per heavy atom. The molecule has 1 heteroatoms. The van der Waals surface area contributed by atoms with Crippen molar-refractivity contribution in [2.75, 3.05) is 0 Å². The van der Waals surface area contributed by atoms with E-state index in [2.05, 4.69) is 59.3 Å². The van der Waals surface area contributed by atoms with Crippen LogP contribution in [0.25, 0.3) is 5.57 Å². The second-order valence-electron chi connectivity index (χ2n) is 3.28. The summed E-state index contributed by atoms with van der Waals surface area (Å²) in [6.45, 7) is 2.22. The Kier molecular flexibility index (Phi) is 2.36. The molecule has 1 atom stereocenters. The maximum Gasteiger partial charge on any atom is 0.0250 e. The van der Waals surface area contributed by atoms with E-state index >= 15 is 0 Å². The monoisotopic (exact) mass is 234 g/mol. The standard InChI is InChI=1S/C12H11Br/c1-9-5-4-7-10(9)11-6-2-3-8-12(11)13/h2-9H,1H3. The Bertz CT molecular complexity index is 374. The lowest BCUT2D eigenvalue weighted by molar-refractivity contribution is 0.980. The third kappa shape index (κ3) is 1.61. The fourth-order valence-electron chi connectivity index (χ4n) is 1.61. The fraction of sp³-hybridized carbons (Fsp3) is 0.167. The van der Waals surface area contributed by atoms with Crippen LogP contribution in [0, 0.1) is 5.92 Å². The Morgan fingerprint density at radius 1 is 1.23 bits per heavy atom. The van der Waals surface area contributed by atoms with Crippen LogP contribution < -0.4 is 0 Å². The number of rotatable bonds is 1. The Morgan fingerprint density at radius 3 is 2.62 bits per heavy atom. The van der Waals surface area contributed by atoms with Gasteiger partial charge in [0.2, 0.25) is 0 Å². The SMILES string of the molecule is CC1C=CC=C1c1ccccc1Br. The van der Waals surface area contributed by atoms with Crippen LogP contribution in [0.5, 0.6) is 0 Å². The van der Waals surface area contributed by atoms with E-state index in [0.29, 0.717) is 5.92 Å². The van der Waals surface area contributed by atoms with Crippen LogP contribution in [0.2, 0.25) is 0 Å². The first-order valence-electron chi connectivity index (χ1n) is 4.42. The minimum Gasteiger partial charge on any atom is -0.0773 e. The first-order valence-corrected chi connectivity index (χ1v) is 5.21. The van der Waals surface area contributed by atoms with E-state index < -0.39 is 0 Å². The summed E-state index contributed by atoms with van der Waals surface area (Å²) < 4.78 is 1.18. The molecule has 0 nitrogen and oxygen atoms in total. The van der Waals surface area contributed by atoms with Crippen molar-refractivity contribution < 1.29 is 0 Å². The second kappa shape index (κ2) is 3.51. The molecule has 0 aliphatic heterocycles. The van der Waals surface area contributed by atoms with Crippen LogP contribution >= 0.6 is 15.9 Å². The summed E-state index contributed by atoms with van der Waals surface area (Å²) in [4.78, 5) is 0. The van der Waals surface area contributed by atoms with Gasteiger partial charge in [-0.1, -0.05) is 59.3 Å². The van der Waals surface area contributed by atoms with Crippen molar-refractivity contribution in [2.24, 2.45) is 5.92 Å². The van der Waals surface area contributed by atoms with Crippen molar-refractivity contribution in [1.82, 2.24) is 0 Å². The number of hydrogen-bond donors (Lipinski definition) is 0. The Labute approximate surface area is 87.1 Å². The average Bonchev–Trinajstić information content (AvgIpc) is 2.52. The Hall–Kier alpha value is -0.820. The molecule has 1 aliphatic rings. The molecule has 0 saturated carbocycles. The number of benzene rings is 1. The van der Waals surface area contributed by atoms with Crippen molar-refractivity contribution >= 4 is 21.5 Å². The maximum atomic E-state index is 3.57. The van der Waals surface area contributed by atoms with Crippen LogP contribution in [0.3, 0.4) is 0 Å². The molecule has 13 heavy (non-hydrogen) atoms. The third-order valence-electron chi connectivity index (χ3n) is 2.35. The predicted molar refractivity (Wildman–Crippen MR) is 60.4 cm³/mol. The topological polar surface area (TPSA) is 0 Å². The highest BCUT2D eigenvalue weighted by molar-refractivity contribution is 9.10. The van der Waals surface area contributed by atoms with Gasteiger partial charge in [-0.05, 0) is 23.1 Å². The van der Waals surface area contributed by atoms with Gasteiger partial charge in [0.05, 0.1) is 0 Å². The van der Waals surface area contributed by atoms with Crippen LogP contribution in [0.1, 0.15) is 12.5 Å². The van der Waals surface area contributed by atoms with Gasteiger partial charge in [-0.3, -0.25) is 0 Å². The predicted octanol–water partition coefficient (Wildman–Crippen LogP) is 4.04. The van der Waals surface area contributed by atoms with Crippen LogP contribution in [0.15, 0.2) is 47.0 Å². The zero-order chi connectivity index (χ0) is 9.26. The molecule has 0 N–H and O–H groups in total. The van der Waals surface area contributed by atoms with Gasteiger partial charge in [-0.2, -0.15) is 0 Å². The molecule has 66 valence electrons. The molecule has 1 unspecified atom stereocenters. The number of halogens is 1. The van der Waals surface area contributed by atoms with E-state index in [4.69, 9.17) is 0 Å². The number of hydrogen-bond acceptors (Lipinski definition) is 0. The largest absolute Gasteiger partial charge is 0.0773 e. The van der Waals surface area contributed by atoms with Gasteiger partial charge in [0.1, 0.15) is 0 Å². The molecular weight excluding hydrogens is 224 g/mol. The summed E-state index contributed by atoms with van der Waals surface area (Å²) in [5, 5.41) is 0. The van der Waals surface area contributed by atoms with Crippen molar-refractivity contribution in [1.29, 1.82) is 0 Å². The molecule has 0 radical (unpaired) electrons. The zero-order valence-electron chi connectivity index (χ0n) is 7.50. The van der Waals surface area contributed by atoms with Crippen molar-refractivity contribution in [2.45, 2.75) is 6.92 Å². The summed E-state index contributed by atoms with van der Waals surface area (Å²) in [7, 11) is 0. The molecule has 0 amide bonds. The van der Waals surface area contributed by atoms with E-state index in [1.165, 1.54) is 15.6 Å². The normalized spacial score (nSPS) is 20.5. The molecular formula is C12H11Br. The maximum absolute atomic E-state index is 3.57. The summed E-state index contributed by atoms with van der Waals surface area (Å²) in [5.74, 6) is 0.540. The zero-order valence-corrected chi connectivity index (χ0v) is 9.08. The first kappa shape index (κ1) is 8.76. The molecule has 0 aromatic heterocycles. The molecule has 0 saturated heterocycles. The summed E-state index contributed by atoms with van der Waals surface area (Å²) >= 11 is 3.57. The molecule has 2 rings (SSSR count). The lowest BCUT2D eigenvalue weighted by atomic mass is 9.97. The minimum atomic E-state index is 0.540.